The monoisotopic (exact) mass is 346 g/mol. The van der Waals surface area contributed by atoms with Crippen molar-refractivity contribution in [3.05, 3.63) is 64.7 Å². The van der Waals surface area contributed by atoms with Gasteiger partial charge in [-0.2, -0.15) is 0 Å². The highest BCUT2D eigenvalue weighted by atomic mass is 35.5. The number of hydrogen-bond donors (Lipinski definition) is 0. The number of halogens is 1. The molecule has 0 N–H and O–H groups in total. The van der Waals surface area contributed by atoms with Gasteiger partial charge in [0.2, 0.25) is 0 Å². The zero-order chi connectivity index (χ0) is 17.5. The molecule has 0 aromatic heterocycles. The molecule has 0 aliphatic heterocycles. The SMILES string of the molecule is CCOC(=O)[C@@H](Cc1ccc(Cl)cc1)Oc1ccc(C(C)C)cc1. The maximum absolute atomic E-state index is 12.2. The normalized spacial score (nSPS) is 12.0. The smallest absolute Gasteiger partial charge is 0.347 e. The fourth-order valence-corrected chi connectivity index (χ4v) is 2.46. The third kappa shape index (κ3) is 5.27. The largest absolute Gasteiger partial charge is 0.478 e. The Labute approximate surface area is 148 Å². The number of carbonyl (C=O) groups is 1. The van der Waals surface area contributed by atoms with E-state index in [2.05, 4.69) is 13.8 Å². The topological polar surface area (TPSA) is 35.5 Å². The quantitative estimate of drug-likeness (QED) is 0.660. The third-order valence-corrected chi connectivity index (χ3v) is 3.96. The van der Waals surface area contributed by atoms with E-state index in [-0.39, 0.29) is 5.97 Å². The summed E-state index contributed by atoms with van der Waals surface area (Å²) in [4.78, 5) is 12.2. The van der Waals surface area contributed by atoms with Gasteiger partial charge in [-0.15, -0.1) is 0 Å². The molecule has 0 radical (unpaired) electrons. The highest BCUT2D eigenvalue weighted by molar-refractivity contribution is 6.30. The number of hydrogen-bond acceptors (Lipinski definition) is 3. The van der Waals surface area contributed by atoms with E-state index in [1.807, 2.05) is 36.4 Å². The molecular formula is C20H23ClO3. The molecule has 0 spiro atoms. The van der Waals surface area contributed by atoms with Gasteiger partial charge < -0.3 is 9.47 Å². The van der Waals surface area contributed by atoms with Crippen molar-refractivity contribution in [2.75, 3.05) is 6.61 Å². The Balaban J connectivity index is 2.13. The van der Waals surface area contributed by atoms with E-state index in [0.717, 1.165) is 5.56 Å². The molecule has 4 heteroatoms. The van der Waals surface area contributed by atoms with Crippen LogP contribution < -0.4 is 4.74 Å². The van der Waals surface area contributed by atoms with E-state index in [1.165, 1.54) is 5.56 Å². The van der Waals surface area contributed by atoms with Crippen LogP contribution in [0.4, 0.5) is 0 Å². The number of ether oxygens (including phenoxy) is 2. The first-order valence-corrected chi connectivity index (χ1v) is 8.55. The van der Waals surface area contributed by atoms with Crippen molar-refractivity contribution in [3.8, 4) is 5.75 Å². The Hall–Kier alpha value is -2.00. The average Bonchev–Trinajstić information content (AvgIpc) is 2.57. The van der Waals surface area contributed by atoms with Crippen LogP contribution in [0, 0.1) is 0 Å². The predicted octanol–water partition coefficient (Wildman–Crippen LogP) is 5.02. The Morgan fingerprint density at radius 3 is 2.21 bits per heavy atom. The first kappa shape index (κ1) is 18.3. The zero-order valence-corrected chi connectivity index (χ0v) is 15.0. The second-order valence-corrected chi connectivity index (χ2v) is 6.35. The van der Waals surface area contributed by atoms with Crippen molar-refractivity contribution in [1.82, 2.24) is 0 Å². The predicted molar refractivity (Wildman–Crippen MR) is 96.7 cm³/mol. The lowest BCUT2D eigenvalue weighted by Gasteiger charge is -2.18. The maximum Gasteiger partial charge on any atom is 0.347 e. The molecule has 0 unspecified atom stereocenters. The highest BCUT2D eigenvalue weighted by Gasteiger charge is 2.22. The van der Waals surface area contributed by atoms with E-state index >= 15 is 0 Å². The van der Waals surface area contributed by atoms with E-state index in [1.54, 1.807) is 19.1 Å². The molecule has 0 heterocycles. The first-order chi connectivity index (χ1) is 11.5. The molecule has 1 atom stereocenters. The summed E-state index contributed by atoms with van der Waals surface area (Å²) >= 11 is 5.91. The summed E-state index contributed by atoms with van der Waals surface area (Å²) in [5.74, 6) is 0.751. The molecule has 24 heavy (non-hydrogen) atoms. The van der Waals surface area contributed by atoms with Crippen LogP contribution in [0.3, 0.4) is 0 Å². The molecule has 0 aliphatic rings. The van der Waals surface area contributed by atoms with Crippen molar-refractivity contribution in [3.63, 3.8) is 0 Å². The van der Waals surface area contributed by atoms with Crippen molar-refractivity contribution >= 4 is 17.6 Å². The Morgan fingerprint density at radius 2 is 1.67 bits per heavy atom. The fourth-order valence-electron chi connectivity index (χ4n) is 2.34. The summed E-state index contributed by atoms with van der Waals surface area (Å²) in [5.41, 5.74) is 2.20. The van der Waals surface area contributed by atoms with Gasteiger partial charge in [0, 0.05) is 11.4 Å². The lowest BCUT2D eigenvalue weighted by Crippen LogP contribution is -2.31. The molecule has 3 nitrogen and oxygen atoms in total. The van der Waals surface area contributed by atoms with Crippen LogP contribution in [0.15, 0.2) is 48.5 Å². The number of benzene rings is 2. The summed E-state index contributed by atoms with van der Waals surface area (Å²) in [6.45, 7) is 6.38. The first-order valence-electron chi connectivity index (χ1n) is 8.17. The van der Waals surface area contributed by atoms with Gasteiger partial charge >= 0.3 is 5.97 Å². The molecule has 2 aromatic rings. The molecule has 128 valence electrons. The van der Waals surface area contributed by atoms with Gasteiger partial charge in [-0.25, -0.2) is 4.79 Å². The zero-order valence-electron chi connectivity index (χ0n) is 14.3. The third-order valence-electron chi connectivity index (χ3n) is 3.71. The van der Waals surface area contributed by atoms with E-state index in [0.29, 0.717) is 29.7 Å². The van der Waals surface area contributed by atoms with Crippen LogP contribution in [0.5, 0.6) is 5.75 Å². The minimum atomic E-state index is -0.684. The lowest BCUT2D eigenvalue weighted by molar-refractivity contribution is -0.151. The summed E-state index contributed by atoms with van der Waals surface area (Å²) in [5, 5.41) is 0.664. The Bertz CT molecular complexity index is 648. The number of rotatable bonds is 7. The molecule has 0 amide bonds. The van der Waals surface area contributed by atoms with E-state index in [9.17, 15) is 4.79 Å². The molecule has 0 bridgehead atoms. The molecule has 0 saturated heterocycles. The summed E-state index contributed by atoms with van der Waals surface area (Å²) in [7, 11) is 0. The average molecular weight is 347 g/mol. The summed E-state index contributed by atoms with van der Waals surface area (Å²) in [6.07, 6.45) is -0.252. The molecule has 0 saturated carbocycles. The number of carbonyl (C=O) groups excluding carboxylic acids is 1. The van der Waals surface area contributed by atoms with Gasteiger partial charge in [-0.1, -0.05) is 49.7 Å². The van der Waals surface area contributed by atoms with Gasteiger partial charge in [-0.3, -0.25) is 0 Å². The van der Waals surface area contributed by atoms with Crippen LogP contribution in [0.2, 0.25) is 5.02 Å². The van der Waals surface area contributed by atoms with Crippen molar-refractivity contribution in [1.29, 1.82) is 0 Å². The van der Waals surface area contributed by atoms with E-state index < -0.39 is 6.10 Å². The maximum atomic E-state index is 12.2. The van der Waals surface area contributed by atoms with Crippen molar-refractivity contribution in [2.24, 2.45) is 0 Å². The fraction of sp³-hybridized carbons (Fsp3) is 0.350. The van der Waals surface area contributed by atoms with Gasteiger partial charge in [0.1, 0.15) is 5.75 Å². The lowest BCUT2D eigenvalue weighted by atomic mass is 10.0. The summed E-state index contributed by atoms with van der Waals surface area (Å²) < 4.78 is 11.0. The second kappa shape index (κ2) is 8.74. The van der Waals surface area contributed by atoms with Crippen molar-refractivity contribution in [2.45, 2.75) is 39.2 Å². The van der Waals surface area contributed by atoms with Crippen LogP contribution in [-0.4, -0.2) is 18.7 Å². The van der Waals surface area contributed by atoms with Gasteiger partial charge in [0.15, 0.2) is 6.10 Å². The molecule has 0 fully saturated rings. The van der Waals surface area contributed by atoms with Gasteiger partial charge in [0.05, 0.1) is 6.61 Å². The van der Waals surface area contributed by atoms with Crippen molar-refractivity contribution < 1.29 is 14.3 Å². The van der Waals surface area contributed by atoms with Gasteiger partial charge in [0.25, 0.3) is 0 Å². The minimum absolute atomic E-state index is 0.325. The Morgan fingerprint density at radius 1 is 1.04 bits per heavy atom. The van der Waals surface area contributed by atoms with Crippen LogP contribution >= 0.6 is 11.6 Å². The number of esters is 1. The standard InChI is InChI=1S/C20H23ClO3/c1-4-23-20(22)19(13-15-5-9-17(21)10-6-15)24-18-11-7-16(8-12-18)14(2)3/h5-12,14,19H,4,13H2,1-3H3/t19-/m1/s1. The molecular weight excluding hydrogens is 324 g/mol. The Kier molecular flexibility index (Phi) is 6.68. The van der Waals surface area contributed by atoms with E-state index in [4.69, 9.17) is 21.1 Å². The molecule has 2 rings (SSSR count). The van der Waals surface area contributed by atoms with Crippen LogP contribution in [0.25, 0.3) is 0 Å². The second-order valence-electron chi connectivity index (χ2n) is 5.91. The highest BCUT2D eigenvalue weighted by Crippen LogP contribution is 2.21. The molecule has 0 aliphatic carbocycles. The van der Waals surface area contributed by atoms with Crippen LogP contribution in [-0.2, 0) is 16.0 Å². The van der Waals surface area contributed by atoms with Gasteiger partial charge in [-0.05, 0) is 48.2 Å². The summed E-state index contributed by atoms with van der Waals surface area (Å²) in [6, 6.07) is 15.2. The van der Waals surface area contributed by atoms with Crippen LogP contribution in [0.1, 0.15) is 37.8 Å². The minimum Gasteiger partial charge on any atom is -0.478 e. The molecule has 2 aromatic carbocycles.